The van der Waals surface area contributed by atoms with Gasteiger partial charge in [-0.25, -0.2) is 17.7 Å². The molecule has 138 valence electrons. The van der Waals surface area contributed by atoms with Crippen molar-refractivity contribution in [1.82, 2.24) is 14.3 Å². The van der Waals surface area contributed by atoms with E-state index >= 15 is 0 Å². The van der Waals surface area contributed by atoms with Gasteiger partial charge >= 0.3 is 0 Å². The largest absolute Gasteiger partial charge is 0.310 e. The minimum atomic E-state index is -3.38. The van der Waals surface area contributed by atoms with Crippen LogP contribution in [0, 0.1) is 12.8 Å². The third-order valence-corrected chi connectivity index (χ3v) is 6.17. The van der Waals surface area contributed by atoms with E-state index in [0.29, 0.717) is 17.1 Å². The van der Waals surface area contributed by atoms with Crippen LogP contribution in [0.3, 0.4) is 0 Å². The second-order valence-corrected chi connectivity index (χ2v) is 8.88. The van der Waals surface area contributed by atoms with E-state index in [1.54, 1.807) is 25.4 Å². The van der Waals surface area contributed by atoms with Crippen LogP contribution in [-0.4, -0.2) is 42.7 Å². The third kappa shape index (κ3) is 4.25. The van der Waals surface area contributed by atoms with Gasteiger partial charge in [0.2, 0.25) is 15.9 Å². The minimum Gasteiger partial charge on any atom is -0.310 e. The molecule has 0 atom stereocenters. The molecule has 2 aromatic rings. The molecule has 1 fully saturated rings. The van der Waals surface area contributed by atoms with Gasteiger partial charge in [0.25, 0.3) is 0 Å². The Labute approximate surface area is 153 Å². The normalized spacial score (nSPS) is 14.5. The van der Waals surface area contributed by atoms with Crippen LogP contribution in [-0.2, 0) is 20.6 Å². The quantitative estimate of drug-likeness (QED) is 0.837. The molecule has 1 amide bonds. The van der Waals surface area contributed by atoms with E-state index < -0.39 is 10.0 Å². The first-order valence-corrected chi connectivity index (χ1v) is 10.0. The number of rotatable bonds is 6. The maximum atomic E-state index is 12.2. The lowest BCUT2D eigenvalue weighted by molar-refractivity contribution is -0.117. The fourth-order valence-electron chi connectivity index (χ4n) is 2.46. The number of amides is 1. The van der Waals surface area contributed by atoms with Crippen LogP contribution in [0.5, 0.6) is 0 Å². The van der Waals surface area contributed by atoms with E-state index in [-0.39, 0.29) is 17.6 Å². The molecule has 7 nitrogen and oxygen atoms in total. The minimum absolute atomic E-state index is 0.00514. The van der Waals surface area contributed by atoms with E-state index in [4.69, 9.17) is 0 Å². The summed E-state index contributed by atoms with van der Waals surface area (Å²) < 4.78 is 25.6. The Morgan fingerprint density at radius 2 is 1.96 bits per heavy atom. The topological polar surface area (TPSA) is 92.3 Å². The standard InChI is InChI=1S/C18H22N4O3S/c1-12-16(11-26(24,25)22(2)3)8-15(10-20-12)14-6-7-19-17(9-14)21-18(23)13-4-5-13/h6-10,13H,4-5,11H2,1-3H3,(H,19,21,23). The summed E-state index contributed by atoms with van der Waals surface area (Å²) >= 11 is 0. The molecule has 1 saturated carbocycles. The van der Waals surface area contributed by atoms with Gasteiger partial charge in [0, 0.05) is 43.7 Å². The van der Waals surface area contributed by atoms with Crippen molar-refractivity contribution in [3.05, 3.63) is 41.9 Å². The average molecular weight is 374 g/mol. The smallest absolute Gasteiger partial charge is 0.228 e. The zero-order valence-electron chi connectivity index (χ0n) is 15.1. The van der Waals surface area contributed by atoms with Crippen molar-refractivity contribution >= 4 is 21.7 Å². The van der Waals surface area contributed by atoms with Crippen molar-refractivity contribution in [2.45, 2.75) is 25.5 Å². The molecule has 0 bridgehead atoms. The lowest BCUT2D eigenvalue weighted by atomic mass is 10.1. The Hall–Kier alpha value is -2.32. The van der Waals surface area contributed by atoms with Crippen LogP contribution in [0.4, 0.5) is 5.82 Å². The molecule has 8 heteroatoms. The Balaban J connectivity index is 1.87. The summed E-state index contributed by atoms with van der Waals surface area (Å²) in [7, 11) is -0.348. The summed E-state index contributed by atoms with van der Waals surface area (Å²) in [4.78, 5) is 20.4. The molecule has 0 spiro atoms. The van der Waals surface area contributed by atoms with E-state index in [1.807, 2.05) is 12.1 Å². The molecule has 1 N–H and O–H groups in total. The van der Waals surface area contributed by atoms with Crippen LogP contribution < -0.4 is 5.32 Å². The molecule has 0 aromatic carbocycles. The summed E-state index contributed by atoms with van der Waals surface area (Å²) in [6.07, 6.45) is 5.17. The summed E-state index contributed by atoms with van der Waals surface area (Å²) in [6.45, 7) is 1.79. The van der Waals surface area contributed by atoms with Gasteiger partial charge in [-0.15, -0.1) is 0 Å². The Morgan fingerprint density at radius 1 is 1.23 bits per heavy atom. The number of nitrogens with one attached hydrogen (secondary N) is 1. The highest BCUT2D eigenvalue weighted by Gasteiger charge is 2.29. The molecule has 2 heterocycles. The van der Waals surface area contributed by atoms with Crippen LogP contribution in [0.2, 0.25) is 0 Å². The van der Waals surface area contributed by atoms with Crippen molar-refractivity contribution in [2.75, 3.05) is 19.4 Å². The van der Waals surface area contributed by atoms with Gasteiger partial charge < -0.3 is 5.32 Å². The first-order chi connectivity index (χ1) is 12.3. The third-order valence-electron chi connectivity index (χ3n) is 4.38. The fraction of sp³-hybridized carbons (Fsp3) is 0.389. The molecule has 1 aliphatic rings. The highest BCUT2D eigenvalue weighted by molar-refractivity contribution is 7.88. The first kappa shape index (κ1) is 18.5. The van der Waals surface area contributed by atoms with E-state index in [2.05, 4.69) is 15.3 Å². The highest BCUT2D eigenvalue weighted by Crippen LogP contribution is 2.30. The highest BCUT2D eigenvalue weighted by atomic mass is 32.2. The monoisotopic (exact) mass is 374 g/mol. The average Bonchev–Trinajstić information content (AvgIpc) is 3.42. The van der Waals surface area contributed by atoms with Crippen molar-refractivity contribution in [2.24, 2.45) is 5.92 Å². The molecule has 3 rings (SSSR count). The van der Waals surface area contributed by atoms with Gasteiger partial charge in [-0.1, -0.05) is 0 Å². The van der Waals surface area contributed by atoms with Gasteiger partial charge in [-0.05, 0) is 49.1 Å². The predicted octanol–water partition coefficient (Wildman–Crippen LogP) is 2.19. The SMILES string of the molecule is Cc1ncc(-c2ccnc(NC(=O)C3CC3)c2)cc1CS(=O)(=O)N(C)C. The Kier molecular flexibility index (Phi) is 5.06. The molecule has 0 aliphatic heterocycles. The summed E-state index contributed by atoms with van der Waals surface area (Å²) in [5.41, 5.74) is 2.93. The number of hydrogen-bond acceptors (Lipinski definition) is 5. The number of aryl methyl sites for hydroxylation is 1. The Morgan fingerprint density at radius 3 is 2.62 bits per heavy atom. The van der Waals surface area contributed by atoms with Crippen LogP contribution in [0.25, 0.3) is 11.1 Å². The van der Waals surface area contributed by atoms with Crippen LogP contribution in [0.15, 0.2) is 30.6 Å². The number of nitrogens with zero attached hydrogens (tertiary/aromatic N) is 3. The zero-order valence-corrected chi connectivity index (χ0v) is 15.9. The van der Waals surface area contributed by atoms with Crippen molar-refractivity contribution in [1.29, 1.82) is 0 Å². The lowest BCUT2D eigenvalue weighted by Crippen LogP contribution is -2.24. The second-order valence-electron chi connectivity index (χ2n) is 6.70. The molecular weight excluding hydrogens is 352 g/mol. The number of pyridine rings is 2. The van der Waals surface area contributed by atoms with Crippen LogP contribution in [0.1, 0.15) is 24.1 Å². The molecule has 2 aromatic heterocycles. The molecule has 0 saturated heterocycles. The van der Waals surface area contributed by atoms with Crippen molar-refractivity contribution in [3.8, 4) is 11.1 Å². The molecular formula is C18H22N4O3S. The molecule has 0 radical (unpaired) electrons. The molecule has 26 heavy (non-hydrogen) atoms. The number of aromatic nitrogens is 2. The number of carbonyl (C=O) groups excluding carboxylic acids is 1. The lowest BCUT2D eigenvalue weighted by Gasteiger charge is -2.13. The van der Waals surface area contributed by atoms with E-state index in [9.17, 15) is 13.2 Å². The maximum absolute atomic E-state index is 12.2. The zero-order chi connectivity index (χ0) is 18.9. The van der Waals surface area contributed by atoms with Gasteiger partial charge in [0.05, 0.1) is 5.75 Å². The van der Waals surface area contributed by atoms with Gasteiger partial charge in [-0.2, -0.15) is 0 Å². The predicted molar refractivity (Wildman–Crippen MR) is 99.9 cm³/mol. The fourth-order valence-corrected chi connectivity index (χ4v) is 3.40. The first-order valence-electron chi connectivity index (χ1n) is 8.39. The molecule has 0 unspecified atom stereocenters. The van der Waals surface area contributed by atoms with Crippen molar-refractivity contribution in [3.63, 3.8) is 0 Å². The van der Waals surface area contributed by atoms with Gasteiger partial charge in [0.1, 0.15) is 5.82 Å². The van der Waals surface area contributed by atoms with Crippen molar-refractivity contribution < 1.29 is 13.2 Å². The van der Waals surface area contributed by atoms with Gasteiger partial charge in [-0.3, -0.25) is 9.78 Å². The van der Waals surface area contributed by atoms with Gasteiger partial charge in [0.15, 0.2) is 0 Å². The second kappa shape index (κ2) is 7.13. The number of hydrogen-bond donors (Lipinski definition) is 1. The maximum Gasteiger partial charge on any atom is 0.228 e. The Bertz CT molecular complexity index is 937. The summed E-state index contributed by atoms with van der Waals surface area (Å²) in [5.74, 6) is 0.476. The number of anilines is 1. The summed E-state index contributed by atoms with van der Waals surface area (Å²) in [6, 6.07) is 5.41. The number of sulfonamides is 1. The molecule has 1 aliphatic carbocycles. The van der Waals surface area contributed by atoms with E-state index in [0.717, 1.165) is 24.0 Å². The van der Waals surface area contributed by atoms with E-state index in [1.165, 1.54) is 18.4 Å². The summed E-state index contributed by atoms with van der Waals surface area (Å²) in [5, 5.41) is 2.82. The van der Waals surface area contributed by atoms with Crippen LogP contribution >= 0.6 is 0 Å². The number of carbonyl (C=O) groups is 1.